The minimum Gasteiger partial charge on any atom is -0.298 e. The Balaban J connectivity index is 1.65. The highest BCUT2D eigenvalue weighted by Crippen LogP contribution is 2.28. The van der Waals surface area contributed by atoms with Gasteiger partial charge in [0.1, 0.15) is 6.54 Å². The Morgan fingerprint density at radius 3 is 2.48 bits per heavy atom. The highest BCUT2D eigenvalue weighted by Gasteiger charge is 2.16. The molecule has 3 aromatic rings. The molecule has 0 unspecified atom stereocenters. The van der Waals surface area contributed by atoms with Gasteiger partial charge in [-0.2, -0.15) is 5.26 Å². The molecule has 0 N–H and O–H groups in total. The van der Waals surface area contributed by atoms with Gasteiger partial charge < -0.3 is 0 Å². The van der Waals surface area contributed by atoms with Crippen LogP contribution in [0.4, 0.5) is 5.69 Å². The third-order valence-corrected chi connectivity index (χ3v) is 5.48. The first-order chi connectivity index (χ1) is 12.3. The van der Waals surface area contributed by atoms with E-state index in [1.807, 2.05) is 66.0 Å². The van der Waals surface area contributed by atoms with Crippen molar-refractivity contribution in [3.8, 4) is 17.3 Å². The van der Waals surface area contributed by atoms with E-state index in [4.69, 9.17) is 5.26 Å². The molecule has 124 valence electrons. The minimum atomic E-state index is -0.103. The van der Waals surface area contributed by atoms with E-state index in [2.05, 4.69) is 11.1 Å². The molecule has 0 saturated carbocycles. The van der Waals surface area contributed by atoms with Gasteiger partial charge in [0.2, 0.25) is 5.91 Å². The second-order valence-corrected chi connectivity index (χ2v) is 7.21. The van der Waals surface area contributed by atoms with Crippen LogP contribution in [0.3, 0.4) is 0 Å². The largest absolute Gasteiger partial charge is 0.298 e. The first kappa shape index (κ1) is 17.2. The zero-order valence-electron chi connectivity index (χ0n) is 13.3. The molecule has 0 radical (unpaired) electrons. The van der Waals surface area contributed by atoms with E-state index in [0.29, 0.717) is 0 Å². The number of rotatable bonds is 6. The van der Waals surface area contributed by atoms with Crippen molar-refractivity contribution in [3.05, 3.63) is 66.0 Å². The molecule has 0 aliphatic rings. The SMILES string of the molecule is N#CCN(C(=O)CSc1nc(-c2ccccc2)cs1)c1ccccc1. The van der Waals surface area contributed by atoms with Gasteiger partial charge in [-0.1, -0.05) is 60.3 Å². The molecule has 6 heteroatoms. The first-order valence-corrected chi connectivity index (χ1v) is 9.50. The van der Waals surface area contributed by atoms with Gasteiger partial charge in [0, 0.05) is 16.6 Å². The molecule has 1 heterocycles. The number of carbonyl (C=O) groups is 1. The molecule has 0 saturated heterocycles. The highest BCUT2D eigenvalue weighted by molar-refractivity contribution is 8.01. The summed E-state index contributed by atoms with van der Waals surface area (Å²) in [6.07, 6.45) is 0. The number of nitrogens with zero attached hydrogens (tertiary/aromatic N) is 3. The molecular weight excluding hydrogens is 350 g/mol. The number of amides is 1. The van der Waals surface area contributed by atoms with E-state index in [1.54, 1.807) is 0 Å². The maximum absolute atomic E-state index is 12.5. The number of hydrogen-bond donors (Lipinski definition) is 0. The van der Waals surface area contributed by atoms with Crippen molar-refractivity contribution < 1.29 is 4.79 Å². The molecule has 2 aromatic carbocycles. The summed E-state index contributed by atoms with van der Waals surface area (Å²) in [5.74, 6) is 0.146. The number of carbonyl (C=O) groups excluding carboxylic acids is 1. The smallest absolute Gasteiger partial charge is 0.238 e. The number of aromatic nitrogens is 1. The predicted molar refractivity (Wildman–Crippen MR) is 103 cm³/mol. The van der Waals surface area contributed by atoms with Crippen LogP contribution in [-0.4, -0.2) is 23.2 Å². The van der Waals surface area contributed by atoms with E-state index in [0.717, 1.165) is 21.3 Å². The van der Waals surface area contributed by atoms with Gasteiger partial charge in [-0.05, 0) is 12.1 Å². The van der Waals surface area contributed by atoms with Crippen LogP contribution in [0.2, 0.25) is 0 Å². The Morgan fingerprint density at radius 2 is 1.80 bits per heavy atom. The van der Waals surface area contributed by atoms with Gasteiger partial charge in [0.05, 0.1) is 17.5 Å². The maximum atomic E-state index is 12.5. The summed E-state index contributed by atoms with van der Waals surface area (Å²) < 4.78 is 0.845. The molecule has 1 amide bonds. The molecular formula is C19H15N3OS2. The lowest BCUT2D eigenvalue weighted by Crippen LogP contribution is -2.32. The number of hydrogen-bond acceptors (Lipinski definition) is 5. The summed E-state index contributed by atoms with van der Waals surface area (Å²) >= 11 is 2.92. The normalized spacial score (nSPS) is 10.2. The topological polar surface area (TPSA) is 57.0 Å². The van der Waals surface area contributed by atoms with E-state index in [9.17, 15) is 4.79 Å². The van der Waals surface area contributed by atoms with Gasteiger partial charge in [0.25, 0.3) is 0 Å². The standard InChI is InChI=1S/C19H15N3OS2/c20-11-12-22(16-9-5-2-6-10-16)18(23)14-25-19-21-17(13-24-19)15-7-3-1-4-8-15/h1-10,13H,12,14H2. The van der Waals surface area contributed by atoms with Gasteiger partial charge in [-0.15, -0.1) is 11.3 Å². The number of benzene rings is 2. The lowest BCUT2D eigenvalue weighted by Gasteiger charge is -2.19. The summed E-state index contributed by atoms with van der Waals surface area (Å²) in [7, 11) is 0. The zero-order chi connectivity index (χ0) is 17.5. The van der Waals surface area contributed by atoms with Crippen molar-refractivity contribution in [2.24, 2.45) is 0 Å². The molecule has 4 nitrogen and oxygen atoms in total. The van der Waals surface area contributed by atoms with Crippen LogP contribution < -0.4 is 4.90 Å². The van der Waals surface area contributed by atoms with Gasteiger partial charge in [0.15, 0.2) is 4.34 Å². The lowest BCUT2D eigenvalue weighted by molar-refractivity contribution is -0.116. The summed E-state index contributed by atoms with van der Waals surface area (Å²) in [5.41, 5.74) is 2.71. The number of anilines is 1. The first-order valence-electron chi connectivity index (χ1n) is 7.64. The van der Waals surface area contributed by atoms with E-state index < -0.39 is 0 Å². The number of thiazole rings is 1. The average Bonchev–Trinajstić information content (AvgIpc) is 3.15. The van der Waals surface area contributed by atoms with Crippen molar-refractivity contribution in [3.63, 3.8) is 0 Å². The highest BCUT2D eigenvalue weighted by atomic mass is 32.2. The fraction of sp³-hybridized carbons (Fsp3) is 0.105. The maximum Gasteiger partial charge on any atom is 0.238 e. The lowest BCUT2D eigenvalue weighted by atomic mass is 10.2. The molecule has 25 heavy (non-hydrogen) atoms. The fourth-order valence-electron chi connectivity index (χ4n) is 2.27. The summed E-state index contributed by atoms with van der Waals surface area (Å²) in [4.78, 5) is 18.6. The summed E-state index contributed by atoms with van der Waals surface area (Å²) in [6, 6.07) is 21.3. The van der Waals surface area contributed by atoms with Crippen molar-refractivity contribution in [1.82, 2.24) is 4.98 Å². The molecule has 0 atom stereocenters. The van der Waals surface area contributed by atoms with Crippen molar-refractivity contribution in [1.29, 1.82) is 5.26 Å². The Labute approximate surface area is 154 Å². The molecule has 0 spiro atoms. The Hall–Kier alpha value is -2.62. The summed E-state index contributed by atoms with van der Waals surface area (Å²) in [5, 5.41) is 11.0. The third kappa shape index (κ3) is 4.47. The van der Waals surface area contributed by atoms with Crippen LogP contribution in [0.25, 0.3) is 11.3 Å². The van der Waals surface area contributed by atoms with Crippen molar-refractivity contribution >= 4 is 34.7 Å². The number of thioether (sulfide) groups is 1. The average molecular weight is 365 g/mol. The van der Waals surface area contributed by atoms with E-state index >= 15 is 0 Å². The predicted octanol–water partition coefficient (Wildman–Crippen LogP) is 4.46. The summed E-state index contributed by atoms with van der Waals surface area (Å²) in [6.45, 7) is 0.0382. The van der Waals surface area contributed by atoms with Crippen LogP contribution in [0.1, 0.15) is 0 Å². The Morgan fingerprint density at radius 1 is 1.12 bits per heavy atom. The van der Waals surface area contributed by atoms with Gasteiger partial charge in [-0.3, -0.25) is 9.69 Å². The van der Waals surface area contributed by atoms with E-state index in [1.165, 1.54) is 28.0 Å². The zero-order valence-corrected chi connectivity index (χ0v) is 15.0. The fourth-order valence-corrected chi connectivity index (χ4v) is 3.98. The van der Waals surface area contributed by atoms with Gasteiger partial charge in [-0.25, -0.2) is 4.98 Å². The molecule has 0 aliphatic heterocycles. The van der Waals surface area contributed by atoms with Crippen LogP contribution in [-0.2, 0) is 4.79 Å². The van der Waals surface area contributed by atoms with E-state index in [-0.39, 0.29) is 18.2 Å². The second-order valence-electron chi connectivity index (χ2n) is 5.13. The Bertz CT molecular complexity index is 872. The van der Waals surface area contributed by atoms with Crippen molar-refractivity contribution in [2.45, 2.75) is 4.34 Å². The van der Waals surface area contributed by atoms with Crippen LogP contribution in [0.15, 0.2) is 70.4 Å². The monoisotopic (exact) mass is 365 g/mol. The van der Waals surface area contributed by atoms with Crippen LogP contribution >= 0.6 is 23.1 Å². The molecule has 3 rings (SSSR count). The van der Waals surface area contributed by atoms with Gasteiger partial charge >= 0.3 is 0 Å². The molecule has 0 bridgehead atoms. The second kappa shape index (κ2) is 8.47. The number of nitriles is 1. The molecule has 0 fully saturated rings. The van der Waals surface area contributed by atoms with Crippen molar-refractivity contribution in [2.75, 3.05) is 17.2 Å². The number of para-hydroxylation sites is 1. The van der Waals surface area contributed by atoms with Crippen LogP contribution in [0.5, 0.6) is 0 Å². The molecule has 0 aliphatic carbocycles. The Kier molecular flexibility index (Phi) is 5.83. The minimum absolute atomic E-state index is 0.0382. The van der Waals surface area contributed by atoms with Crippen LogP contribution in [0, 0.1) is 11.3 Å². The molecule has 1 aromatic heterocycles. The quantitative estimate of drug-likeness (QED) is 0.478. The third-order valence-electron chi connectivity index (χ3n) is 3.47.